The molecule has 2 aromatic heterocycles. The standard InChI is InChI=1S/C16H16F3N5O2/c17-16(18,19)9-2-1-3-10-14(9)24-12(22-10)4-6-21-7-5-13-23-11(8-26-13)15(20)25/h1-3,8,21H,4-7H2,(H2,20,25)(H,22,24). The summed E-state index contributed by atoms with van der Waals surface area (Å²) in [6.45, 7) is 1.03. The van der Waals surface area contributed by atoms with Gasteiger partial charge in [0.2, 0.25) is 0 Å². The fourth-order valence-electron chi connectivity index (χ4n) is 2.50. The van der Waals surface area contributed by atoms with Crippen LogP contribution in [0, 0.1) is 0 Å². The number of hydrogen-bond acceptors (Lipinski definition) is 5. The molecule has 26 heavy (non-hydrogen) atoms. The Labute approximate surface area is 145 Å². The molecule has 0 saturated heterocycles. The summed E-state index contributed by atoms with van der Waals surface area (Å²) in [6.07, 6.45) is -2.36. The van der Waals surface area contributed by atoms with Crippen molar-refractivity contribution < 1.29 is 22.4 Å². The van der Waals surface area contributed by atoms with Gasteiger partial charge in [-0.05, 0) is 12.1 Å². The number of benzene rings is 1. The molecule has 0 aliphatic carbocycles. The van der Waals surface area contributed by atoms with Gasteiger partial charge >= 0.3 is 6.18 Å². The Balaban J connectivity index is 1.53. The first-order valence-corrected chi connectivity index (χ1v) is 7.84. The third-order valence-corrected chi connectivity index (χ3v) is 3.73. The van der Waals surface area contributed by atoms with E-state index in [1.807, 2.05) is 0 Å². The summed E-state index contributed by atoms with van der Waals surface area (Å²) >= 11 is 0. The minimum absolute atomic E-state index is 0.0720. The second-order valence-electron chi connectivity index (χ2n) is 5.62. The lowest BCUT2D eigenvalue weighted by molar-refractivity contribution is -0.136. The van der Waals surface area contributed by atoms with Gasteiger partial charge in [0, 0.05) is 25.9 Å². The number of para-hydroxylation sites is 1. The largest absolute Gasteiger partial charge is 0.448 e. The molecule has 1 aromatic carbocycles. The van der Waals surface area contributed by atoms with Crippen LogP contribution in [0.1, 0.15) is 27.8 Å². The third-order valence-electron chi connectivity index (χ3n) is 3.73. The second kappa shape index (κ2) is 7.16. The molecule has 0 spiro atoms. The van der Waals surface area contributed by atoms with Crippen molar-refractivity contribution in [1.82, 2.24) is 20.3 Å². The number of carbonyl (C=O) groups is 1. The number of primary amides is 1. The highest BCUT2D eigenvalue weighted by Crippen LogP contribution is 2.33. The van der Waals surface area contributed by atoms with E-state index in [1.165, 1.54) is 12.3 Å². The first-order valence-electron chi connectivity index (χ1n) is 7.84. The van der Waals surface area contributed by atoms with E-state index in [-0.39, 0.29) is 11.2 Å². The lowest BCUT2D eigenvalue weighted by atomic mass is 10.2. The minimum Gasteiger partial charge on any atom is -0.448 e. The molecule has 0 saturated carbocycles. The third kappa shape index (κ3) is 4.02. The summed E-state index contributed by atoms with van der Waals surface area (Å²) in [4.78, 5) is 21.8. The van der Waals surface area contributed by atoms with Crippen LogP contribution in [0.2, 0.25) is 0 Å². The second-order valence-corrected chi connectivity index (χ2v) is 5.62. The predicted molar refractivity (Wildman–Crippen MR) is 86.4 cm³/mol. The minimum atomic E-state index is -4.44. The van der Waals surface area contributed by atoms with Crippen molar-refractivity contribution in [3.8, 4) is 0 Å². The molecule has 0 unspecified atom stereocenters. The zero-order chi connectivity index (χ0) is 18.7. The Kier molecular flexibility index (Phi) is 4.94. The van der Waals surface area contributed by atoms with Crippen LogP contribution in [0.25, 0.3) is 11.0 Å². The van der Waals surface area contributed by atoms with Crippen molar-refractivity contribution in [2.45, 2.75) is 19.0 Å². The summed E-state index contributed by atoms with van der Waals surface area (Å²) in [6, 6.07) is 3.93. The molecule has 2 heterocycles. The van der Waals surface area contributed by atoms with Crippen molar-refractivity contribution in [2.75, 3.05) is 13.1 Å². The van der Waals surface area contributed by atoms with Crippen LogP contribution >= 0.6 is 0 Å². The average Bonchev–Trinajstić information content (AvgIpc) is 3.19. The summed E-state index contributed by atoms with van der Waals surface area (Å²) in [5.41, 5.74) is 4.68. The van der Waals surface area contributed by atoms with Crippen molar-refractivity contribution >= 4 is 16.9 Å². The topological polar surface area (TPSA) is 110 Å². The molecule has 7 nitrogen and oxygen atoms in total. The van der Waals surface area contributed by atoms with Gasteiger partial charge in [0.1, 0.15) is 17.6 Å². The molecule has 0 aliphatic heterocycles. The Morgan fingerprint density at radius 2 is 2.00 bits per heavy atom. The summed E-state index contributed by atoms with van der Waals surface area (Å²) in [5.74, 6) is 0.192. The highest BCUT2D eigenvalue weighted by molar-refractivity contribution is 5.90. The first kappa shape index (κ1) is 17.9. The fraction of sp³-hybridized carbons (Fsp3) is 0.312. The molecule has 138 valence electrons. The van der Waals surface area contributed by atoms with Gasteiger partial charge in [-0.2, -0.15) is 13.2 Å². The molecule has 0 radical (unpaired) electrons. The lowest BCUT2D eigenvalue weighted by Crippen LogP contribution is -2.20. The molecule has 0 fully saturated rings. The van der Waals surface area contributed by atoms with Crippen LogP contribution in [-0.2, 0) is 19.0 Å². The molecular weight excluding hydrogens is 351 g/mol. The number of carbonyl (C=O) groups excluding carboxylic acids is 1. The van der Waals surface area contributed by atoms with Gasteiger partial charge in [0.05, 0.1) is 11.1 Å². The maximum absolute atomic E-state index is 13.0. The molecule has 3 rings (SSSR count). The number of nitrogens with zero attached hydrogens (tertiary/aromatic N) is 2. The molecule has 1 amide bonds. The van der Waals surface area contributed by atoms with E-state index >= 15 is 0 Å². The molecule has 0 atom stereocenters. The SMILES string of the molecule is NC(=O)c1coc(CCNCCc2nc3c(C(F)(F)F)cccc3[nH]2)n1. The van der Waals surface area contributed by atoms with Crippen molar-refractivity contribution in [3.63, 3.8) is 0 Å². The van der Waals surface area contributed by atoms with E-state index in [0.717, 1.165) is 6.07 Å². The number of nitrogens with one attached hydrogen (secondary N) is 2. The van der Waals surface area contributed by atoms with Crippen molar-refractivity contribution in [2.24, 2.45) is 5.73 Å². The number of aromatic amines is 1. The maximum atomic E-state index is 13.0. The van der Waals surface area contributed by atoms with Crippen LogP contribution in [0.3, 0.4) is 0 Å². The molecule has 4 N–H and O–H groups in total. The Morgan fingerprint density at radius 1 is 1.23 bits per heavy atom. The van der Waals surface area contributed by atoms with Gasteiger partial charge in [-0.1, -0.05) is 6.07 Å². The van der Waals surface area contributed by atoms with Gasteiger partial charge in [-0.15, -0.1) is 0 Å². The highest BCUT2D eigenvalue weighted by atomic mass is 19.4. The number of hydrogen-bond donors (Lipinski definition) is 3. The molecule has 3 aromatic rings. The van der Waals surface area contributed by atoms with E-state index in [4.69, 9.17) is 10.2 Å². The van der Waals surface area contributed by atoms with E-state index in [9.17, 15) is 18.0 Å². The van der Waals surface area contributed by atoms with Crippen LogP contribution in [0.4, 0.5) is 13.2 Å². The number of oxazole rings is 1. The summed E-state index contributed by atoms with van der Waals surface area (Å²) in [5, 5.41) is 3.11. The first-order chi connectivity index (χ1) is 12.3. The van der Waals surface area contributed by atoms with Gasteiger partial charge in [-0.25, -0.2) is 9.97 Å². The number of alkyl halides is 3. The van der Waals surface area contributed by atoms with E-state index in [0.29, 0.717) is 43.2 Å². The number of rotatable bonds is 7. The predicted octanol–water partition coefficient (Wildman–Crippen LogP) is 2.04. The molecular formula is C16H16F3N5O2. The van der Waals surface area contributed by atoms with Gasteiger partial charge in [0.15, 0.2) is 11.6 Å². The van der Waals surface area contributed by atoms with Gasteiger partial charge < -0.3 is 20.5 Å². The number of aromatic nitrogens is 3. The van der Waals surface area contributed by atoms with Crippen molar-refractivity contribution in [3.05, 3.63) is 47.4 Å². The number of H-pyrrole nitrogens is 1. The van der Waals surface area contributed by atoms with Crippen molar-refractivity contribution in [1.29, 1.82) is 0 Å². The maximum Gasteiger partial charge on any atom is 0.418 e. The van der Waals surface area contributed by atoms with Crippen LogP contribution < -0.4 is 11.1 Å². The van der Waals surface area contributed by atoms with Crippen LogP contribution in [-0.4, -0.2) is 33.9 Å². The smallest absolute Gasteiger partial charge is 0.418 e. The molecule has 0 aliphatic rings. The van der Waals surface area contributed by atoms with Gasteiger partial charge in [-0.3, -0.25) is 4.79 Å². The summed E-state index contributed by atoms with van der Waals surface area (Å²) in [7, 11) is 0. The number of halogens is 3. The van der Waals surface area contributed by atoms with Gasteiger partial charge in [0.25, 0.3) is 5.91 Å². The summed E-state index contributed by atoms with van der Waals surface area (Å²) < 4.78 is 44.0. The lowest BCUT2D eigenvalue weighted by Gasteiger charge is -2.05. The number of imidazole rings is 1. The van der Waals surface area contributed by atoms with E-state index in [1.54, 1.807) is 6.07 Å². The quantitative estimate of drug-likeness (QED) is 0.554. The number of amides is 1. The Bertz CT molecular complexity index is 916. The van der Waals surface area contributed by atoms with Crippen LogP contribution in [0.5, 0.6) is 0 Å². The zero-order valence-corrected chi connectivity index (χ0v) is 13.6. The monoisotopic (exact) mass is 367 g/mol. The highest BCUT2D eigenvalue weighted by Gasteiger charge is 2.33. The fourth-order valence-corrected chi connectivity index (χ4v) is 2.50. The normalized spacial score (nSPS) is 12.0. The van der Waals surface area contributed by atoms with E-state index < -0.39 is 17.6 Å². The molecule has 10 heteroatoms. The Morgan fingerprint density at radius 3 is 2.69 bits per heavy atom. The number of nitrogens with two attached hydrogens (primary N) is 1. The number of fused-ring (bicyclic) bond motifs is 1. The Hall–Kier alpha value is -2.88. The van der Waals surface area contributed by atoms with E-state index in [2.05, 4.69) is 20.3 Å². The molecule has 0 bridgehead atoms. The van der Waals surface area contributed by atoms with Crippen LogP contribution in [0.15, 0.2) is 28.9 Å². The zero-order valence-electron chi connectivity index (χ0n) is 13.6. The average molecular weight is 367 g/mol.